The summed E-state index contributed by atoms with van der Waals surface area (Å²) in [5.41, 5.74) is 0. The number of rotatable bonds is 1. The molecule has 1 rings (SSSR count). The van der Waals surface area contributed by atoms with Gasteiger partial charge in [0.05, 0.1) is 6.10 Å². The van der Waals surface area contributed by atoms with Crippen molar-refractivity contribution in [3.05, 3.63) is 6.08 Å². The van der Waals surface area contributed by atoms with E-state index < -0.39 is 0 Å². The lowest BCUT2D eigenvalue weighted by Gasteiger charge is -2.28. The zero-order valence-electron chi connectivity index (χ0n) is 6.79. The molecule has 3 atom stereocenters. The van der Waals surface area contributed by atoms with Gasteiger partial charge in [-0.3, -0.25) is 0 Å². The van der Waals surface area contributed by atoms with Crippen molar-refractivity contribution >= 4 is 5.94 Å². The van der Waals surface area contributed by atoms with Gasteiger partial charge in [-0.05, 0) is 25.2 Å². The van der Waals surface area contributed by atoms with Gasteiger partial charge in [0, 0.05) is 12.0 Å². The highest BCUT2D eigenvalue weighted by atomic mass is 16.3. The molecule has 0 radical (unpaired) electrons. The fraction of sp³-hybridized carbons (Fsp3) is 0.778. The molecular weight excluding hydrogens is 140 g/mol. The van der Waals surface area contributed by atoms with Crippen molar-refractivity contribution in [3.8, 4) is 0 Å². The third-order valence-corrected chi connectivity index (χ3v) is 2.41. The lowest BCUT2D eigenvalue weighted by atomic mass is 9.80. The maximum absolute atomic E-state index is 10.0. The van der Waals surface area contributed by atoms with E-state index in [0.29, 0.717) is 5.92 Å². The normalized spacial score (nSPS) is 37.8. The summed E-state index contributed by atoms with van der Waals surface area (Å²) in [4.78, 5) is 10.0. The Hall–Kier alpha value is -0.590. The van der Waals surface area contributed by atoms with E-state index in [1.165, 1.54) is 6.08 Å². The zero-order valence-corrected chi connectivity index (χ0v) is 6.79. The molecule has 1 fully saturated rings. The van der Waals surface area contributed by atoms with Crippen LogP contribution in [-0.4, -0.2) is 17.2 Å². The second kappa shape index (κ2) is 3.70. The molecule has 0 aliphatic heterocycles. The Labute approximate surface area is 66.9 Å². The van der Waals surface area contributed by atoms with E-state index in [2.05, 4.69) is 6.92 Å². The first-order valence-corrected chi connectivity index (χ1v) is 4.13. The van der Waals surface area contributed by atoms with Gasteiger partial charge < -0.3 is 5.11 Å². The first kappa shape index (κ1) is 8.51. The highest BCUT2D eigenvalue weighted by Crippen LogP contribution is 2.29. The Kier molecular flexibility index (Phi) is 2.86. The van der Waals surface area contributed by atoms with Gasteiger partial charge in [-0.2, -0.15) is 0 Å². The minimum absolute atomic E-state index is 0.0521. The maximum atomic E-state index is 10.0. The molecule has 62 valence electrons. The standard InChI is InChI=1S/C9H14O2/c1-7-2-3-9(11)8(6-7)4-5-10/h4,7-9,11H,2-3,6H2,1H3. The van der Waals surface area contributed by atoms with Crippen molar-refractivity contribution in [3.63, 3.8) is 0 Å². The van der Waals surface area contributed by atoms with E-state index in [1.54, 1.807) is 5.94 Å². The van der Waals surface area contributed by atoms with Gasteiger partial charge in [0.1, 0.15) is 5.94 Å². The lowest BCUT2D eigenvalue weighted by Crippen LogP contribution is -2.26. The van der Waals surface area contributed by atoms with Crippen LogP contribution in [0.3, 0.4) is 0 Å². The molecule has 0 saturated heterocycles. The average Bonchev–Trinajstić information content (AvgIpc) is 1.98. The molecule has 2 nitrogen and oxygen atoms in total. The summed E-state index contributed by atoms with van der Waals surface area (Å²) < 4.78 is 0. The van der Waals surface area contributed by atoms with Crippen molar-refractivity contribution in [2.24, 2.45) is 11.8 Å². The number of aliphatic hydroxyl groups is 1. The first-order valence-electron chi connectivity index (χ1n) is 4.13. The van der Waals surface area contributed by atoms with Crippen LogP contribution in [0.1, 0.15) is 26.2 Å². The summed E-state index contributed by atoms with van der Waals surface area (Å²) in [5, 5.41) is 9.41. The van der Waals surface area contributed by atoms with Gasteiger partial charge in [-0.15, -0.1) is 0 Å². The van der Waals surface area contributed by atoms with Gasteiger partial charge in [-0.1, -0.05) is 6.92 Å². The molecule has 0 spiro atoms. The molecule has 2 heteroatoms. The van der Waals surface area contributed by atoms with Crippen LogP contribution in [0, 0.1) is 11.8 Å². The highest BCUT2D eigenvalue weighted by Gasteiger charge is 2.24. The Morgan fingerprint density at radius 2 is 2.27 bits per heavy atom. The fourth-order valence-electron chi connectivity index (χ4n) is 1.68. The third-order valence-electron chi connectivity index (χ3n) is 2.41. The average molecular weight is 154 g/mol. The van der Waals surface area contributed by atoms with Crippen molar-refractivity contribution in [2.75, 3.05) is 0 Å². The number of hydrogen-bond acceptors (Lipinski definition) is 2. The smallest absolute Gasteiger partial charge is 0.120 e. The Morgan fingerprint density at radius 1 is 1.55 bits per heavy atom. The third kappa shape index (κ3) is 2.18. The van der Waals surface area contributed by atoms with Gasteiger partial charge >= 0.3 is 0 Å². The van der Waals surface area contributed by atoms with Crippen LogP contribution in [-0.2, 0) is 4.79 Å². The molecular formula is C9H14O2. The molecule has 0 aromatic carbocycles. The zero-order chi connectivity index (χ0) is 8.27. The highest BCUT2D eigenvalue weighted by molar-refractivity contribution is 5.45. The van der Waals surface area contributed by atoms with Crippen LogP contribution < -0.4 is 0 Å². The Balaban J connectivity index is 2.53. The van der Waals surface area contributed by atoms with Crippen LogP contribution in [0.25, 0.3) is 0 Å². The maximum Gasteiger partial charge on any atom is 0.120 e. The van der Waals surface area contributed by atoms with E-state index in [0.717, 1.165) is 19.3 Å². The predicted molar refractivity (Wildman–Crippen MR) is 42.8 cm³/mol. The van der Waals surface area contributed by atoms with Gasteiger partial charge in [-0.25, -0.2) is 4.79 Å². The van der Waals surface area contributed by atoms with E-state index >= 15 is 0 Å². The largest absolute Gasteiger partial charge is 0.392 e. The molecule has 1 saturated carbocycles. The topological polar surface area (TPSA) is 37.3 Å². The molecule has 1 aliphatic rings. The molecule has 1 aliphatic carbocycles. The summed E-state index contributed by atoms with van der Waals surface area (Å²) in [5.74, 6) is 2.44. The van der Waals surface area contributed by atoms with Crippen molar-refractivity contribution in [1.82, 2.24) is 0 Å². The van der Waals surface area contributed by atoms with Crippen LogP contribution in [0.15, 0.2) is 6.08 Å². The quantitative estimate of drug-likeness (QED) is 0.576. The number of hydrogen-bond donors (Lipinski definition) is 1. The number of carbonyl (C=O) groups excluding carboxylic acids is 1. The van der Waals surface area contributed by atoms with Crippen LogP contribution in [0.2, 0.25) is 0 Å². The number of aliphatic hydroxyl groups excluding tert-OH is 1. The molecule has 1 N–H and O–H groups in total. The summed E-state index contributed by atoms with van der Waals surface area (Å²) in [6, 6.07) is 0. The molecule has 0 heterocycles. The van der Waals surface area contributed by atoms with E-state index in [1.807, 2.05) is 0 Å². The molecule has 0 aromatic rings. The Morgan fingerprint density at radius 3 is 2.91 bits per heavy atom. The molecule has 3 unspecified atom stereocenters. The molecule has 11 heavy (non-hydrogen) atoms. The monoisotopic (exact) mass is 154 g/mol. The molecule has 0 bridgehead atoms. The van der Waals surface area contributed by atoms with E-state index in [-0.39, 0.29) is 12.0 Å². The lowest BCUT2D eigenvalue weighted by molar-refractivity contribution is 0.0749. The van der Waals surface area contributed by atoms with Crippen LogP contribution in [0.4, 0.5) is 0 Å². The summed E-state index contributed by atoms with van der Waals surface area (Å²) in [6.07, 6.45) is 3.97. The summed E-state index contributed by atoms with van der Waals surface area (Å²) in [7, 11) is 0. The van der Waals surface area contributed by atoms with Crippen LogP contribution in [0.5, 0.6) is 0 Å². The van der Waals surface area contributed by atoms with Gasteiger partial charge in [0.2, 0.25) is 0 Å². The minimum atomic E-state index is -0.312. The van der Waals surface area contributed by atoms with Gasteiger partial charge in [0.15, 0.2) is 0 Å². The van der Waals surface area contributed by atoms with Crippen molar-refractivity contribution in [1.29, 1.82) is 0 Å². The minimum Gasteiger partial charge on any atom is -0.392 e. The second-order valence-electron chi connectivity index (χ2n) is 3.43. The summed E-state index contributed by atoms with van der Waals surface area (Å²) in [6.45, 7) is 2.15. The fourth-order valence-corrected chi connectivity index (χ4v) is 1.68. The van der Waals surface area contributed by atoms with E-state index in [9.17, 15) is 9.90 Å². The predicted octanol–water partition coefficient (Wildman–Crippen LogP) is 1.17. The summed E-state index contributed by atoms with van der Waals surface area (Å²) >= 11 is 0. The van der Waals surface area contributed by atoms with Gasteiger partial charge in [0.25, 0.3) is 0 Å². The van der Waals surface area contributed by atoms with Crippen molar-refractivity contribution < 1.29 is 9.90 Å². The Bertz CT molecular complexity index is 170. The second-order valence-corrected chi connectivity index (χ2v) is 3.43. The molecule has 0 amide bonds. The van der Waals surface area contributed by atoms with Crippen LogP contribution >= 0.6 is 0 Å². The molecule has 0 aromatic heterocycles. The van der Waals surface area contributed by atoms with E-state index in [4.69, 9.17) is 0 Å². The SMILES string of the molecule is CC1CCC(O)C(C=C=O)C1. The van der Waals surface area contributed by atoms with Crippen molar-refractivity contribution in [2.45, 2.75) is 32.3 Å². The first-order chi connectivity index (χ1) is 5.24.